The summed E-state index contributed by atoms with van der Waals surface area (Å²) in [5.74, 6) is -3.04. The number of carboxylic acid groups (broad SMARTS) is 1. The molecule has 1 heterocycles. The molecular weight excluding hydrogens is 303 g/mol. The number of carbonyl (C=O) groups excluding carboxylic acids is 2. The second-order valence-corrected chi connectivity index (χ2v) is 6.09. The van der Waals surface area contributed by atoms with Crippen molar-refractivity contribution in [1.82, 2.24) is 5.32 Å². The molecule has 1 aromatic rings. The molecule has 1 atom stereocenters. The first-order chi connectivity index (χ1) is 10.9. The Bertz CT molecular complexity index is 672. The van der Waals surface area contributed by atoms with Crippen molar-refractivity contribution in [3.05, 3.63) is 30.1 Å². The van der Waals surface area contributed by atoms with Crippen LogP contribution in [0.5, 0.6) is 0 Å². The highest BCUT2D eigenvalue weighted by Gasteiger charge is 2.47. The van der Waals surface area contributed by atoms with Crippen LogP contribution in [-0.4, -0.2) is 35.0 Å². The van der Waals surface area contributed by atoms with Crippen LogP contribution in [0, 0.1) is 11.7 Å². The molecule has 23 heavy (non-hydrogen) atoms. The van der Waals surface area contributed by atoms with Crippen LogP contribution in [0.2, 0.25) is 0 Å². The van der Waals surface area contributed by atoms with E-state index in [1.807, 2.05) is 0 Å². The summed E-state index contributed by atoms with van der Waals surface area (Å²) in [5, 5.41) is 11.8. The molecule has 0 aromatic heterocycles. The molecule has 6 nitrogen and oxygen atoms in total. The number of carbonyl (C=O) groups is 3. The number of nitrogens with zero attached hydrogens (tertiary/aromatic N) is 1. The van der Waals surface area contributed by atoms with Crippen molar-refractivity contribution in [3.8, 4) is 0 Å². The van der Waals surface area contributed by atoms with Crippen LogP contribution in [0.4, 0.5) is 10.1 Å². The monoisotopic (exact) mass is 320 g/mol. The average molecular weight is 320 g/mol. The molecule has 3 rings (SSSR count). The molecule has 0 radical (unpaired) electrons. The molecule has 2 N–H and O–H groups in total. The number of para-hydroxylation sites is 1. The average Bonchev–Trinajstić information content (AvgIpc) is 2.85. The standard InChI is InChI=1S/C16H17FN2O4/c17-11-4-1-2-5-12(11)19-9-10(8-13(19)20)14(21)18-16(15(22)23)6-3-7-16/h1-2,4-5,10H,3,6-9H2,(H,18,21)(H,22,23). The number of hydrogen-bond acceptors (Lipinski definition) is 3. The van der Waals surface area contributed by atoms with Crippen molar-refractivity contribution in [2.45, 2.75) is 31.2 Å². The maximum absolute atomic E-state index is 13.8. The Kier molecular flexibility index (Phi) is 3.79. The summed E-state index contributed by atoms with van der Waals surface area (Å²) >= 11 is 0. The van der Waals surface area contributed by atoms with Gasteiger partial charge in [-0.3, -0.25) is 9.59 Å². The number of rotatable bonds is 4. The second kappa shape index (κ2) is 5.64. The molecular formula is C16H17FN2O4. The van der Waals surface area contributed by atoms with Gasteiger partial charge in [-0.2, -0.15) is 0 Å². The minimum atomic E-state index is -1.20. The third kappa shape index (κ3) is 2.67. The number of carboxylic acids is 1. The van der Waals surface area contributed by atoms with E-state index in [1.54, 1.807) is 6.07 Å². The SMILES string of the molecule is O=C(NC1(C(=O)O)CCC1)C1CC(=O)N(c2ccccc2F)C1. The molecule has 2 fully saturated rings. The molecule has 1 aliphatic carbocycles. The van der Waals surface area contributed by atoms with Gasteiger partial charge >= 0.3 is 5.97 Å². The van der Waals surface area contributed by atoms with Gasteiger partial charge in [0.15, 0.2) is 0 Å². The molecule has 1 saturated heterocycles. The van der Waals surface area contributed by atoms with Gasteiger partial charge < -0.3 is 15.3 Å². The van der Waals surface area contributed by atoms with Gasteiger partial charge in [0.1, 0.15) is 11.4 Å². The Balaban J connectivity index is 1.71. The smallest absolute Gasteiger partial charge is 0.329 e. The van der Waals surface area contributed by atoms with Gasteiger partial charge in [0, 0.05) is 13.0 Å². The topological polar surface area (TPSA) is 86.7 Å². The van der Waals surface area contributed by atoms with Crippen LogP contribution >= 0.6 is 0 Å². The number of nitrogens with one attached hydrogen (secondary N) is 1. The lowest BCUT2D eigenvalue weighted by atomic mass is 9.76. The third-order valence-corrected chi connectivity index (χ3v) is 4.62. The summed E-state index contributed by atoms with van der Waals surface area (Å²) in [6.45, 7) is 0.0568. The number of halogens is 1. The number of benzene rings is 1. The third-order valence-electron chi connectivity index (χ3n) is 4.62. The summed E-state index contributed by atoms with van der Waals surface area (Å²) < 4.78 is 13.8. The van der Waals surface area contributed by atoms with E-state index in [4.69, 9.17) is 0 Å². The molecule has 1 unspecified atom stereocenters. The van der Waals surface area contributed by atoms with E-state index in [0.717, 1.165) is 6.42 Å². The van der Waals surface area contributed by atoms with Gasteiger partial charge in [0.25, 0.3) is 0 Å². The minimum Gasteiger partial charge on any atom is -0.480 e. The molecule has 1 aromatic carbocycles. The van der Waals surface area contributed by atoms with Crippen LogP contribution in [0.3, 0.4) is 0 Å². The molecule has 0 spiro atoms. The van der Waals surface area contributed by atoms with Crippen LogP contribution in [0.25, 0.3) is 0 Å². The Labute approximate surface area is 132 Å². The summed E-state index contributed by atoms with van der Waals surface area (Å²) in [6.07, 6.45) is 1.49. The largest absolute Gasteiger partial charge is 0.480 e. The molecule has 122 valence electrons. The van der Waals surface area contributed by atoms with Crippen LogP contribution in [0.1, 0.15) is 25.7 Å². The number of hydrogen-bond donors (Lipinski definition) is 2. The molecule has 1 saturated carbocycles. The van der Waals surface area contributed by atoms with Crippen LogP contribution in [-0.2, 0) is 14.4 Å². The van der Waals surface area contributed by atoms with E-state index in [1.165, 1.54) is 23.1 Å². The van der Waals surface area contributed by atoms with E-state index in [9.17, 15) is 23.9 Å². The molecule has 2 amide bonds. The molecule has 7 heteroatoms. The zero-order chi connectivity index (χ0) is 16.6. The summed E-state index contributed by atoms with van der Waals surface area (Å²) in [5.41, 5.74) is -1.06. The van der Waals surface area contributed by atoms with E-state index in [2.05, 4.69) is 5.32 Å². The first-order valence-electron chi connectivity index (χ1n) is 7.53. The number of aliphatic carboxylic acids is 1. The highest BCUT2D eigenvalue weighted by atomic mass is 19.1. The van der Waals surface area contributed by atoms with Crippen molar-refractivity contribution in [1.29, 1.82) is 0 Å². The summed E-state index contributed by atoms with van der Waals surface area (Å²) in [6, 6.07) is 5.88. The van der Waals surface area contributed by atoms with Crippen molar-refractivity contribution < 1.29 is 23.9 Å². The van der Waals surface area contributed by atoms with Crippen LogP contribution in [0.15, 0.2) is 24.3 Å². The Morgan fingerprint density at radius 1 is 1.30 bits per heavy atom. The number of amides is 2. The fourth-order valence-electron chi connectivity index (χ4n) is 3.05. The predicted molar refractivity (Wildman–Crippen MR) is 79.2 cm³/mol. The van der Waals surface area contributed by atoms with Gasteiger partial charge in [-0.15, -0.1) is 0 Å². The van der Waals surface area contributed by atoms with Gasteiger partial charge in [-0.05, 0) is 31.4 Å². The highest BCUT2D eigenvalue weighted by Crippen LogP contribution is 2.33. The summed E-state index contributed by atoms with van der Waals surface area (Å²) in [4.78, 5) is 37.0. The van der Waals surface area contributed by atoms with E-state index < -0.39 is 29.2 Å². The molecule has 0 bridgehead atoms. The Hall–Kier alpha value is -2.44. The Morgan fingerprint density at radius 2 is 2.00 bits per heavy atom. The number of anilines is 1. The lowest BCUT2D eigenvalue weighted by molar-refractivity contribution is -0.152. The molecule has 1 aliphatic heterocycles. The molecule has 2 aliphatic rings. The fourth-order valence-corrected chi connectivity index (χ4v) is 3.05. The van der Waals surface area contributed by atoms with Crippen molar-refractivity contribution in [2.24, 2.45) is 5.92 Å². The maximum Gasteiger partial charge on any atom is 0.329 e. The quantitative estimate of drug-likeness (QED) is 0.875. The van der Waals surface area contributed by atoms with Crippen molar-refractivity contribution in [2.75, 3.05) is 11.4 Å². The van der Waals surface area contributed by atoms with Gasteiger partial charge in [-0.1, -0.05) is 12.1 Å². The summed E-state index contributed by atoms with van der Waals surface area (Å²) in [7, 11) is 0. The maximum atomic E-state index is 13.8. The Morgan fingerprint density at radius 3 is 2.57 bits per heavy atom. The first kappa shape index (κ1) is 15.5. The normalized spacial score (nSPS) is 22.6. The fraction of sp³-hybridized carbons (Fsp3) is 0.438. The first-order valence-corrected chi connectivity index (χ1v) is 7.53. The van der Waals surface area contributed by atoms with E-state index >= 15 is 0 Å². The van der Waals surface area contributed by atoms with E-state index in [0.29, 0.717) is 12.8 Å². The van der Waals surface area contributed by atoms with E-state index in [-0.39, 0.29) is 24.6 Å². The van der Waals surface area contributed by atoms with Crippen molar-refractivity contribution in [3.63, 3.8) is 0 Å². The van der Waals surface area contributed by atoms with Gasteiger partial charge in [0.05, 0.1) is 11.6 Å². The lowest BCUT2D eigenvalue weighted by Gasteiger charge is -2.38. The second-order valence-electron chi connectivity index (χ2n) is 6.09. The van der Waals surface area contributed by atoms with Gasteiger partial charge in [-0.25, -0.2) is 9.18 Å². The van der Waals surface area contributed by atoms with Crippen LogP contribution < -0.4 is 10.2 Å². The zero-order valence-corrected chi connectivity index (χ0v) is 12.4. The predicted octanol–water partition coefficient (Wildman–Crippen LogP) is 1.30. The zero-order valence-electron chi connectivity index (χ0n) is 12.4. The lowest BCUT2D eigenvalue weighted by Crippen LogP contribution is -2.60. The van der Waals surface area contributed by atoms with Crippen molar-refractivity contribution >= 4 is 23.5 Å². The minimum absolute atomic E-state index is 0.0458. The highest BCUT2D eigenvalue weighted by molar-refractivity contribution is 6.01. The van der Waals surface area contributed by atoms with Gasteiger partial charge in [0.2, 0.25) is 11.8 Å².